The Hall–Kier alpha value is -4.20. The molecule has 0 saturated carbocycles. The largest absolute Gasteiger partial charge is 0.463 e. The summed E-state index contributed by atoms with van der Waals surface area (Å²) in [5.41, 5.74) is 3.29. The van der Waals surface area contributed by atoms with Crippen molar-refractivity contribution in [2.45, 2.75) is 26.8 Å². The Kier molecular flexibility index (Phi) is 6.78. The fourth-order valence-electron chi connectivity index (χ4n) is 5.04. The molecule has 0 bridgehead atoms. The number of halogens is 1. The Balaban J connectivity index is 1.52. The monoisotopic (exact) mass is 568 g/mol. The molecule has 0 radical (unpaired) electrons. The molecule has 40 heavy (non-hydrogen) atoms. The highest BCUT2D eigenvalue weighted by molar-refractivity contribution is 7.07. The van der Waals surface area contributed by atoms with E-state index in [0.717, 1.165) is 27.5 Å². The Morgan fingerprint density at radius 3 is 2.70 bits per heavy atom. The molecule has 0 spiro atoms. The lowest BCUT2D eigenvalue weighted by Crippen LogP contribution is -2.40. The fraction of sp³-hybridized carbons (Fsp3) is 0.156. The molecule has 5 aromatic rings. The van der Waals surface area contributed by atoms with Gasteiger partial charge in [0, 0.05) is 16.7 Å². The van der Waals surface area contributed by atoms with E-state index in [-0.39, 0.29) is 12.2 Å². The maximum absolute atomic E-state index is 14.0. The highest BCUT2D eigenvalue weighted by atomic mass is 35.5. The van der Waals surface area contributed by atoms with Crippen LogP contribution in [0.4, 0.5) is 0 Å². The van der Waals surface area contributed by atoms with Crippen LogP contribution in [0.2, 0.25) is 5.02 Å². The minimum Gasteiger partial charge on any atom is -0.463 e. The summed E-state index contributed by atoms with van der Waals surface area (Å²) in [6, 6.07) is 22.6. The fourth-order valence-corrected chi connectivity index (χ4v) is 6.24. The van der Waals surface area contributed by atoms with Gasteiger partial charge in [0.05, 0.1) is 28.5 Å². The van der Waals surface area contributed by atoms with Crippen molar-refractivity contribution in [3.05, 3.63) is 126 Å². The average molecular weight is 569 g/mol. The number of benzene rings is 3. The van der Waals surface area contributed by atoms with Gasteiger partial charge in [0.2, 0.25) is 0 Å². The van der Waals surface area contributed by atoms with E-state index in [9.17, 15) is 9.59 Å². The van der Waals surface area contributed by atoms with Crippen LogP contribution in [0, 0.1) is 6.92 Å². The standard InChI is InChI=1S/C32H25ClN2O4S/c1-4-38-31(37)28-19(3)34-32-35(29(28)24-11-7-9-20-8-5-6-10-23(20)24)30(36)27(40-32)17-22-14-15-26(39-22)21-13-12-18(2)25(33)16-21/h5-17,29H,4H2,1-3H3/b27-17+/t29-/m0/s1. The van der Waals surface area contributed by atoms with Crippen molar-refractivity contribution in [1.82, 2.24) is 4.57 Å². The molecule has 200 valence electrons. The lowest BCUT2D eigenvalue weighted by atomic mass is 9.91. The Morgan fingerprint density at radius 2 is 1.90 bits per heavy atom. The number of ether oxygens (including phenoxy) is 1. The van der Waals surface area contributed by atoms with Gasteiger partial charge in [0.25, 0.3) is 5.56 Å². The van der Waals surface area contributed by atoms with E-state index in [2.05, 4.69) is 4.99 Å². The zero-order valence-electron chi connectivity index (χ0n) is 22.1. The van der Waals surface area contributed by atoms with E-state index in [4.69, 9.17) is 20.8 Å². The first-order chi connectivity index (χ1) is 19.4. The Labute approximate surface area is 239 Å². The van der Waals surface area contributed by atoms with Gasteiger partial charge in [-0.05, 0) is 60.9 Å². The Morgan fingerprint density at radius 1 is 1.10 bits per heavy atom. The number of allylic oxidation sites excluding steroid dienone is 1. The van der Waals surface area contributed by atoms with Crippen LogP contribution in [0.25, 0.3) is 28.2 Å². The first kappa shape index (κ1) is 26.0. The number of rotatable bonds is 5. The van der Waals surface area contributed by atoms with Gasteiger partial charge in [-0.3, -0.25) is 9.36 Å². The van der Waals surface area contributed by atoms with E-state index in [0.29, 0.717) is 37.1 Å². The first-order valence-corrected chi connectivity index (χ1v) is 14.1. The lowest BCUT2D eigenvalue weighted by Gasteiger charge is -2.25. The van der Waals surface area contributed by atoms with Crippen LogP contribution < -0.4 is 14.9 Å². The van der Waals surface area contributed by atoms with Crippen molar-refractivity contribution in [2.24, 2.45) is 4.99 Å². The molecule has 3 aromatic carbocycles. The van der Waals surface area contributed by atoms with Gasteiger partial charge in [-0.15, -0.1) is 0 Å². The summed E-state index contributed by atoms with van der Waals surface area (Å²) in [5.74, 6) is 0.693. The molecule has 3 heterocycles. The average Bonchev–Trinajstić information content (AvgIpc) is 3.53. The van der Waals surface area contributed by atoms with Gasteiger partial charge in [-0.2, -0.15) is 0 Å². The molecule has 0 saturated heterocycles. The topological polar surface area (TPSA) is 73.8 Å². The number of hydrogen-bond acceptors (Lipinski definition) is 6. The zero-order valence-corrected chi connectivity index (χ0v) is 23.7. The van der Waals surface area contributed by atoms with Crippen LogP contribution in [0.1, 0.15) is 36.8 Å². The van der Waals surface area contributed by atoms with Gasteiger partial charge < -0.3 is 9.15 Å². The molecule has 2 aromatic heterocycles. The van der Waals surface area contributed by atoms with Gasteiger partial charge in [0.1, 0.15) is 11.5 Å². The van der Waals surface area contributed by atoms with Gasteiger partial charge in [-0.1, -0.05) is 77.5 Å². The number of carbonyl (C=O) groups is 1. The number of aryl methyl sites for hydroxylation is 1. The van der Waals surface area contributed by atoms with Crippen LogP contribution in [0.3, 0.4) is 0 Å². The minimum atomic E-state index is -0.689. The molecule has 0 N–H and O–H groups in total. The van der Waals surface area contributed by atoms with E-state index in [1.807, 2.05) is 79.7 Å². The van der Waals surface area contributed by atoms with Crippen molar-refractivity contribution >= 4 is 45.8 Å². The van der Waals surface area contributed by atoms with Crippen molar-refractivity contribution in [3.8, 4) is 11.3 Å². The number of hydrogen-bond donors (Lipinski definition) is 0. The maximum Gasteiger partial charge on any atom is 0.338 e. The number of thiazole rings is 1. The van der Waals surface area contributed by atoms with Crippen molar-refractivity contribution < 1.29 is 13.9 Å². The molecule has 1 aliphatic rings. The van der Waals surface area contributed by atoms with Gasteiger partial charge in [0.15, 0.2) is 4.80 Å². The number of esters is 1. The Bertz CT molecular complexity index is 2010. The number of fused-ring (bicyclic) bond motifs is 2. The smallest absolute Gasteiger partial charge is 0.338 e. The number of aromatic nitrogens is 1. The predicted octanol–water partition coefficient (Wildman–Crippen LogP) is 6.17. The predicted molar refractivity (Wildman–Crippen MR) is 158 cm³/mol. The molecule has 0 unspecified atom stereocenters. The second-order valence-corrected chi connectivity index (χ2v) is 11.0. The van der Waals surface area contributed by atoms with Crippen LogP contribution in [0.15, 0.2) is 98.3 Å². The number of carbonyl (C=O) groups excluding carboxylic acids is 1. The second kappa shape index (κ2) is 10.4. The summed E-state index contributed by atoms with van der Waals surface area (Å²) in [5, 5.41) is 2.62. The SMILES string of the molecule is CCOC(=O)C1=C(C)N=c2s/c(=C/c3ccc(-c4ccc(C)c(Cl)c4)o3)c(=O)n2[C@H]1c1cccc2ccccc12. The third-order valence-corrected chi connectivity index (χ3v) is 8.38. The summed E-state index contributed by atoms with van der Waals surface area (Å²) >= 11 is 7.57. The molecule has 0 aliphatic carbocycles. The normalized spacial score (nSPS) is 15.3. The first-order valence-electron chi connectivity index (χ1n) is 12.9. The zero-order chi connectivity index (χ0) is 28.0. The summed E-state index contributed by atoms with van der Waals surface area (Å²) in [7, 11) is 0. The van der Waals surface area contributed by atoms with Crippen LogP contribution in [-0.2, 0) is 9.53 Å². The molecule has 0 amide bonds. The van der Waals surface area contributed by atoms with Gasteiger partial charge in [-0.25, -0.2) is 9.79 Å². The minimum absolute atomic E-state index is 0.218. The number of nitrogens with zero attached hydrogens (tertiary/aromatic N) is 2. The summed E-state index contributed by atoms with van der Waals surface area (Å²) < 4.78 is 13.5. The van der Waals surface area contributed by atoms with Crippen LogP contribution in [-0.4, -0.2) is 17.1 Å². The summed E-state index contributed by atoms with van der Waals surface area (Å²) in [4.78, 5) is 32.4. The quantitative estimate of drug-likeness (QED) is 0.238. The van der Waals surface area contributed by atoms with Crippen molar-refractivity contribution in [3.63, 3.8) is 0 Å². The van der Waals surface area contributed by atoms with Crippen molar-refractivity contribution in [2.75, 3.05) is 6.61 Å². The molecular formula is C32H25ClN2O4S. The van der Waals surface area contributed by atoms with Gasteiger partial charge >= 0.3 is 5.97 Å². The molecule has 6 nitrogen and oxygen atoms in total. The van der Waals surface area contributed by atoms with E-state index in [1.165, 1.54) is 11.3 Å². The van der Waals surface area contributed by atoms with Crippen LogP contribution >= 0.6 is 22.9 Å². The highest BCUT2D eigenvalue weighted by Crippen LogP contribution is 2.35. The van der Waals surface area contributed by atoms with E-state index < -0.39 is 12.0 Å². The highest BCUT2D eigenvalue weighted by Gasteiger charge is 2.34. The van der Waals surface area contributed by atoms with E-state index in [1.54, 1.807) is 24.5 Å². The number of furan rings is 1. The molecule has 8 heteroatoms. The third-order valence-electron chi connectivity index (χ3n) is 6.99. The van der Waals surface area contributed by atoms with Crippen molar-refractivity contribution in [1.29, 1.82) is 0 Å². The molecule has 6 rings (SSSR count). The second-order valence-electron chi connectivity index (χ2n) is 9.54. The molecule has 0 fully saturated rings. The van der Waals surface area contributed by atoms with Crippen LogP contribution in [0.5, 0.6) is 0 Å². The lowest BCUT2D eigenvalue weighted by molar-refractivity contribution is -0.139. The maximum atomic E-state index is 14.0. The summed E-state index contributed by atoms with van der Waals surface area (Å²) in [6.45, 7) is 5.71. The molecular weight excluding hydrogens is 544 g/mol. The molecule has 1 atom stereocenters. The third kappa shape index (κ3) is 4.51. The van der Waals surface area contributed by atoms with E-state index >= 15 is 0 Å². The summed E-state index contributed by atoms with van der Waals surface area (Å²) in [6.07, 6.45) is 1.71. The molecule has 1 aliphatic heterocycles.